The Morgan fingerprint density at radius 3 is 2.05 bits per heavy atom. The van der Waals surface area contributed by atoms with Crippen molar-refractivity contribution in [1.82, 2.24) is 0 Å². The maximum atomic E-state index is 10.4. The molecule has 1 aromatic heterocycles. The molecule has 1 aromatic carbocycles. The summed E-state index contributed by atoms with van der Waals surface area (Å²) in [5.74, 6) is 0.720. The van der Waals surface area contributed by atoms with Crippen molar-refractivity contribution in [3.05, 3.63) is 41.6 Å². The molecular weight excluding hydrogens is 234 g/mol. The summed E-state index contributed by atoms with van der Waals surface area (Å²) in [6.45, 7) is 12.6. The zero-order chi connectivity index (χ0) is 14.6. The molecule has 2 heteroatoms. The monoisotopic (exact) mass is 260 g/mol. The molecule has 0 unspecified atom stereocenters. The van der Waals surface area contributed by atoms with Crippen molar-refractivity contribution in [1.29, 1.82) is 0 Å². The molecule has 0 spiro atoms. The summed E-state index contributed by atoms with van der Waals surface area (Å²) in [6.07, 6.45) is 0. The molecule has 0 aliphatic heterocycles. The van der Waals surface area contributed by atoms with Crippen LogP contribution < -0.4 is 4.73 Å². The smallest absolute Gasteiger partial charge is 0.264 e. The number of rotatable bonds is 2. The number of fused-ring (bicyclic) bond motifs is 1. The molecule has 0 saturated carbocycles. The Morgan fingerprint density at radius 2 is 1.53 bits per heavy atom. The van der Waals surface area contributed by atoms with E-state index in [0.717, 1.165) is 16.6 Å². The molecule has 0 atom stereocenters. The Kier molecular flexibility index (Phi) is 5.34. The minimum atomic E-state index is 0.307. The third-order valence-electron chi connectivity index (χ3n) is 3.17. The molecule has 2 rings (SSSR count). The normalized spacial score (nSPS) is 10.7. The molecule has 19 heavy (non-hydrogen) atoms. The fraction of sp³-hybridized carbons (Fsp3) is 0.471. The van der Waals surface area contributed by atoms with Gasteiger partial charge in [0, 0.05) is 22.3 Å². The van der Waals surface area contributed by atoms with Crippen LogP contribution in [-0.2, 0) is 0 Å². The van der Waals surface area contributed by atoms with Gasteiger partial charge in [0.15, 0.2) is 0 Å². The van der Waals surface area contributed by atoms with Crippen molar-refractivity contribution in [3.8, 4) is 0 Å². The zero-order valence-corrected chi connectivity index (χ0v) is 12.9. The quantitative estimate of drug-likeness (QED) is 0.617. The van der Waals surface area contributed by atoms with Crippen LogP contribution in [0.1, 0.15) is 64.6 Å². The van der Waals surface area contributed by atoms with Crippen LogP contribution in [0.2, 0.25) is 0 Å². The third-order valence-corrected chi connectivity index (χ3v) is 3.17. The lowest BCUT2D eigenvalue weighted by molar-refractivity contribution is -0.890. The zero-order valence-electron chi connectivity index (χ0n) is 12.9. The topological polar surface area (TPSA) is 24.1 Å². The van der Waals surface area contributed by atoms with Gasteiger partial charge in [0.25, 0.3) is 5.52 Å². The summed E-state index contributed by atoms with van der Waals surface area (Å²) in [4.78, 5) is 0. The Bertz CT molecular complexity index is 544. The largest absolute Gasteiger partial charge is 0.284 e. The molecule has 2 nitrogen and oxygen atoms in total. The van der Waals surface area contributed by atoms with Crippen molar-refractivity contribution in [2.24, 2.45) is 0 Å². The first-order chi connectivity index (χ1) is 9.02. The van der Waals surface area contributed by atoms with Gasteiger partial charge in [0.2, 0.25) is 5.69 Å². The highest BCUT2D eigenvalue weighted by Crippen LogP contribution is 2.26. The van der Waals surface area contributed by atoms with Crippen LogP contribution in [0.5, 0.6) is 0 Å². The highest BCUT2D eigenvalue weighted by atomic mass is 16.5. The summed E-state index contributed by atoms with van der Waals surface area (Å²) in [5.41, 5.74) is 3.11. The molecule has 104 valence electrons. The second-order valence-electron chi connectivity index (χ2n) is 5.16. The van der Waals surface area contributed by atoms with E-state index in [1.54, 1.807) is 0 Å². The predicted octanol–water partition coefficient (Wildman–Crippen LogP) is 4.64. The minimum absolute atomic E-state index is 0.307. The first kappa shape index (κ1) is 15.5. The van der Waals surface area contributed by atoms with Crippen LogP contribution in [-0.4, -0.2) is 5.21 Å². The highest BCUT2D eigenvalue weighted by Gasteiger charge is 2.25. The average Bonchev–Trinajstić information content (AvgIpc) is 2.40. The van der Waals surface area contributed by atoms with Gasteiger partial charge in [-0.15, -0.1) is 0 Å². The van der Waals surface area contributed by atoms with E-state index in [9.17, 15) is 5.21 Å². The van der Waals surface area contributed by atoms with Gasteiger partial charge in [-0.05, 0) is 18.1 Å². The number of nitrogens with zero attached hydrogens (tertiary/aromatic N) is 1. The third kappa shape index (κ3) is 3.06. The van der Waals surface area contributed by atoms with E-state index in [1.165, 1.54) is 10.3 Å². The Labute approximate surface area is 116 Å². The first-order valence-corrected chi connectivity index (χ1v) is 7.19. The first-order valence-electron chi connectivity index (χ1n) is 7.19. The van der Waals surface area contributed by atoms with Crippen LogP contribution in [0, 0.1) is 0 Å². The lowest BCUT2D eigenvalue weighted by Gasteiger charge is -2.12. The summed E-state index contributed by atoms with van der Waals surface area (Å²) < 4.78 is 1.36. The van der Waals surface area contributed by atoms with Gasteiger partial charge in [-0.2, -0.15) is 0 Å². The van der Waals surface area contributed by atoms with Crippen LogP contribution in [0.15, 0.2) is 30.3 Å². The molecule has 0 radical (unpaired) electrons. The molecule has 1 heterocycles. The van der Waals surface area contributed by atoms with Gasteiger partial charge in [0.05, 0.1) is 5.39 Å². The Morgan fingerprint density at radius 1 is 0.947 bits per heavy atom. The molecule has 0 aliphatic rings. The van der Waals surface area contributed by atoms with Crippen molar-refractivity contribution in [3.63, 3.8) is 0 Å². The van der Waals surface area contributed by atoms with E-state index in [-0.39, 0.29) is 0 Å². The van der Waals surface area contributed by atoms with E-state index in [2.05, 4.69) is 33.8 Å². The molecular formula is C17H26NO+. The minimum Gasteiger partial charge on any atom is -0.284 e. The number of aromatic nitrogens is 1. The van der Waals surface area contributed by atoms with Crippen molar-refractivity contribution < 1.29 is 9.94 Å². The van der Waals surface area contributed by atoms with Crippen LogP contribution in [0.3, 0.4) is 0 Å². The summed E-state index contributed by atoms with van der Waals surface area (Å²) in [5, 5.41) is 11.5. The SMILES string of the molecule is CC.CC(C)c1cc2ccccc2[n+](O)c1C(C)C. The van der Waals surface area contributed by atoms with Gasteiger partial charge in [-0.1, -0.05) is 53.7 Å². The van der Waals surface area contributed by atoms with Crippen molar-refractivity contribution >= 4 is 10.9 Å². The summed E-state index contributed by atoms with van der Waals surface area (Å²) in [7, 11) is 0. The predicted molar refractivity (Wildman–Crippen MR) is 80.9 cm³/mol. The lowest BCUT2D eigenvalue weighted by Crippen LogP contribution is -2.38. The summed E-state index contributed by atoms with van der Waals surface area (Å²) >= 11 is 0. The van der Waals surface area contributed by atoms with E-state index in [0.29, 0.717) is 11.8 Å². The second kappa shape index (κ2) is 6.55. The van der Waals surface area contributed by atoms with E-state index in [4.69, 9.17) is 0 Å². The fourth-order valence-electron chi connectivity index (χ4n) is 2.34. The van der Waals surface area contributed by atoms with Gasteiger partial charge < -0.3 is 0 Å². The number of para-hydroxylation sites is 1. The standard InChI is InChI=1S/C15H20NO.C2H6/c1-10(2)13-9-12-7-5-6-8-14(12)16(17)15(13)11(3)4;1-2/h5-11,17H,1-4H3;1-2H3/q+1;. The van der Waals surface area contributed by atoms with Crippen molar-refractivity contribution in [2.75, 3.05) is 0 Å². The van der Waals surface area contributed by atoms with Gasteiger partial charge in [-0.25, -0.2) is 0 Å². The highest BCUT2D eigenvalue weighted by molar-refractivity contribution is 5.76. The molecule has 0 amide bonds. The van der Waals surface area contributed by atoms with E-state index < -0.39 is 0 Å². The van der Waals surface area contributed by atoms with Crippen LogP contribution >= 0.6 is 0 Å². The maximum Gasteiger partial charge on any atom is 0.264 e. The second-order valence-corrected chi connectivity index (χ2v) is 5.16. The molecule has 2 aromatic rings. The Hall–Kier alpha value is -1.57. The summed E-state index contributed by atoms with van der Waals surface area (Å²) in [6, 6.07) is 10.1. The number of hydrogen-bond acceptors (Lipinski definition) is 1. The molecule has 0 aliphatic carbocycles. The fourth-order valence-corrected chi connectivity index (χ4v) is 2.34. The molecule has 0 saturated heterocycles. The number of hydrogen-bond donors (Lipinski definition) is 1. The van der Waals surface area contributed by atoms with Gasteiger partial charge in [0.1, 0.15) is 0 Å². The molecule has 0 fully saturated rings. The maximum absolute atomic E-state index is 10.4. The average molecular weight is 260 g/mol. The van der Waals surface area contributed by atoms with Gasteiger partial charge in [-0.3, -0.25) is 5.21 Å². The van der Waals surface area contributed by atoms with Gasteiger partial charge >= 0.3 is 0 Å². The molecule has 0 bridgehead atoms. The lowest BCUT2D eigenvalue weighted by atomic mass is 9.94. The Balaban J connectivity index is 0.000000861. The number of benzene rings is 1. The van der Waals surface area contributed by atoms with Crippen molar-refractivity contribution in [2.45, 2.75) is 53.4 Å². The number of pyridine rings is 1. The molecule has 1 N–H and O–H groups in total. The van der Waals surface area contributed by atoms with Crippen LogP contribution in [0.4, 0.5) is 0 Å². The van der Waals surface area contributed by atoms with E-state index >= 15 is 0 Å². The van der Waals surface area contributed by atoms with E-state index in [1.807, 2.05) is 38.1 Å². The van der Waals surface area contributed by atoms with Crippen LogP contribution in [0.25, 0.3) is 10.9 Å².